The third-order valence-corrected chi connectivity index (χ3v) is 6.08. The largest absolute Gasteiger partial charge is 0.352 e. The van der Waals surface area contributed by atoms with Crippen molar-refractivity contribution in [1.29, 1.82) is 0 Å². The molecule has 2 N–H and O–H groups in total. The Morgan fingerprint density at radius 1 is 1.04 bits per heavy atom. The molecule has 2 heterocycles. The van der Waals surface area contributed by atoms with Crippen molar-refractivity contribution in [3.8, 4) is 0 Å². The van der Waals surface area contributed by atoms with Gasteiger partial charge in [-0.25, -0.2) is 0 Å². The topological polar surface area (TPSA) is 64.7 Å². The first kappa shape index (κ1) is 20.7. The van der Waals surface area contributed by atoms with Crippen LogP contribution in [-0.4, -0.2) is 73.5 Å². The molecule has 0 aromatic heterocycles. The van der Waals surface area contributed by atoms with Crippen molar-refractivity contribution in [2.45, 2.75) is 38.1 Å². The molecule has 4 fully saturated rings. The lowest BCUT2D eigenvalue weighted by atomic mass is 9.91. The van der Waals surface area contributed by atoms with Gasteiger partial charge in [0.1, 0.15) is 0 Å². The van der Waals surface area contributed by atoms with Crippen LogP contribution < -0.4 is 10.6 Å². The Hall–Kier alpha value is -0.560. The highest BCUT2D eigenvalue weighted by atomic mass is 35.5. The van der Waals surface area contributed by atoms with Gasteiger partial charge in [0.2, 0.25) is 11.8 Å². The van der Waals surface area contributed by atoms with Gasteiger partial charge in [-0.2, -0.15) is 0 Å². The minimum absolute atomic E-state index is 0. The van der Waals surface area contributed by atoms with Gasteiger partial charge in [-0.3, -0.25) is 14.5 Å². The highest BCUT2D eigenvalue weighted by Crippen LogP contribution is 2.59. The van der Waals surface area contributed by atoms with E-state index < -0.39 is 0 Å². The second-order valence-electron chi connectivity index (χ2n) is 7.81. The van der Waals surface area contributed by atoms with Crippen LogP contribution in [0.1, 0.15) is 32.1 Å². The lowest BCUT2D eigenvalue weighted by Crippen LogP contribution is -2.52. The van der Waals surface area contributed by atoms with Gasteiger partial charge in [-0.05, 0) is 50.6 Å². The fourth-order valence-electron chi connectivity index (χ4n) is 4.22. The maximum Gasteiger partial charge on any atom is 0.234 e. The second-order valence-corrected chi connectivity index (χ2v) is 7.81. The van der Waals surface area contributed by atoms with E-state index in [1.807, 2.05) is 4.90 Å². The number of nitrogens with zero attached hydrogens (tertiary/aromatic N) is 2. The number of hydrogen-bond donors (Lipinski definition) is 2. The van der Waals surface area contributed by atoms with Gasteiger partial charge < -0.3 is 15.5 Å². The van der Waals surface area contributed by atoms with Gasteiger partial charge in [0.05, 0.1) is 6.54 Å². The molecular formula is C17H30Cl2N4O2. The molecule has 25 heavy (non-hydrogen) atoms. The van der Waals surface area contributed by atoms with Crippen molar-refractivity contribution >= 4 is 36.6 Å². The molecule has 1 atom stereocenters. The minimum Gasteiger partial charge on any atom is -0.352 e. The van der Waals surface area contributed by atoms with Crippen molar-refractivity contribution in [1.82, 2.24) is 20.4 Å². The number of piperidine rings is 1. The SMILES string of the molecule is Cl.Cl.O=C(CN1CCN(C(=O)C2CC23CCNCC3)CC1)NC1CC1. The fourth-order valence-corrected chi connectivity index (χ4v) is 4.22. The number of nitrogens with one attached hydrogen (secondary N) is 2. The number of piperazine rings is 1. The van der Waals surface area contributed by atoms with Crippen LogP contribution in [0.5, 0.6) is 0 Å². The monoisotopic (exact) mass is 392 g/mol. The van der Waals surface area contributed by atoms with E-state index in [2.05, 4.69) is 15.5 Å². The Balaban J connectivity index is 0.00000113. The molecule has 2 saturated carbocycles. The van der Waals surface area contributed by atoms with E-state index in [1.54, 1.807) is 0 Å². The maximum absolute atomic E-state index is 12.7. The molecule has 0 aromatic carbocycles. The molecule has 1 spiro atoms. The van der Waals surface area contributed by atoms with Gasteiger partial charge >= 0.3 is 0 Å². The number of carbonyl (C=O) groups is 2. The quantitative estimate of drug-likeness (QED) is 0.736. The number of amides is 2. The summed E-state index contributed by atoms with van der Waals surface area (Å²) in [6, 6.07) is 0.432. The third kappa shape index (κ3) is 4.79. The lowest BCUT2D eigenvalue weighted by Gasteiger charge is -2.35. The maximum atomic E-state index is 12.7. The van der Waals surface area contributed by atoms with E-state index in [0.29, 0.717) is 23.9 Å². The van der Waals surface area contributed by atoms with Gasteiger partial charge in [0, 0.05) is 38.1 Å². The molecule has 144 valence electrons. The van der Waals surface area contributed by atoms with Crippen molar-refractivity contribution < 1.29 is 9.59 Å². The molecule has 4 aliphatic rings. The number of halogens is 2. The van der Waals surface area contributed by atoms with Gasteiger partial charge in [0.25, 0.3) is 0 Å². The van der Waals surface area contributed by atoms with E-state index >= 15 is 0 Å². The van der Waals surface area contributed by atoms with Crippen LogP contribution in [0.4, 0.5) is 0 Å². The molecule has 0 radical (unpaired) electrons. The van der Waals surface area contributed by atoms with Crippen LogP contribution >= 0.6 is 24.8 Å². The summed E-state index contributed by atoms with van der Waals surface area (Å²) in [6.07, 6.45) is 5.67. The predicted octanol–water partition coefficient (Wildman–Crippen LogP) is 0.643. The molecule has 2 saturated heterocycles. The van der Waals surface area contributed by atoms with E-state index in [-0.39, 0.29) is 36.6 Å². The predicted molar refractivity (Wildman–Crippen MR) is 101 cm³/mol. The average Bonchev–Trinajstić information content (AvgIpc) is 3.47. The summed E-state index contributed by atoms with van der Waals surface area (Å²) in [5.41, 5.74) is 0.323. The first-order valence-corrected chi connectivity index (χ1v) is 9.18. The Morgan fingerprint density at radius 3 is 2.28 bits per heavy atom. The van der Waals surface area contributed by atoms with E-state index in [0.717, 1.165) is 71.4 Å². The molecule has 2 aliphatic carbocycles. The van der Waals surface area contributed by atoms with Crippen LogP contribution in [0.15, 0.2) is 0 Å². The molecule has 8 heteroatoms. The van der Waals surface area contributed by atoms with E-state index in [4.69, 9.17) is 0 Å². The first-order chi connectivity index (χ1) is 11.2. The van der Waals surface area contributed by atoms with Crippen LogP contribution in [0.2, 0.25) is 0 Å². The normalized spacial score (nSPS) is 27.8. The van der Waals surface area contributed by atoms with Gasteiger partial charge in [0.15, 0.2) is 0 Å². The van der Waals surface area contributed by atoms with Crippen LogP contribution in [0.3, 0.4) is 0 Å². The summed E-state index contributed by atoms with van der Waals surface area (Å²) in [5.74, 6) is 0.784. The van der Waals surface area contributed by atoms with Crippen molar-refractivity contribution in [2.75, 3.05) is 45.8 Å². The summed E-state index contributed by atoms with van der Waals surface area (Å²) >= 11 is 0. The Kier molecular flexibility index (Phi) is 6.99. The molecule has 2 amide bonds. The zero-order valence-corrected chi connectivity index (χ0v) is 16.3. The second kappa shape index (κ2) is 8.42. The highest BCUT2D eigenvalue weighted by molar-refractivity contribution is 5.85. The molecule has 2 aliphatic heterocycles. The minimum atomic E-state index is 0. The molecular weight excluding hydrogens is 363 g/mol. The third-order valence-electron chi connectivity index (χ3n) is 6.08. The summed E-state index contributed by atoms with van der Waals surface area (Å²) in [4.78, 5) is 28.8. The lowest BCUT2D eigenvalue weighted by molar-refractivity contribution is -0.135. The van der Waals surface area contributed by atoms with Crippen LogP contribution in [0, 0.1) is 11.3 Å². The average molecular weight is 393 g/mol. The molecule has 0 aromatic rings. The summed E-state index contributed by atoms with van der Waals surface area (Å²) in [5, 5.41) is 6.43. The number of carbonyl (C=O) groups excluding carboxylic acids is 2. The smallest absolute Gasteiger partial charge is 0.234 e. The highest BCUT2D eigenvalue weighted by Gasteiger charge is 2.58. The summed E-state index contributed by atoms with van der Waals surface area (Å²) < 4.78 is 0. The summed E-state index contributed by atoms with van der Waals surface area (Å²) in [6.45, 7) is 5.82. The molecule has 0 bridgehead atoms. The first-order valence-electron chi connectivity index (χ1n) is 9.18. The number of hydrogen-bond acceptors (Lipinski definition) is 4. The fraction of sp³-hybridized carbons (Fsp3) is 0.882. The molecule has 1 unspecified atom stereocenters. The van der Waals surface area contributed by atoms with Gasteiger partial charge in [-0.15, -0.1) is 24.8 Å². The Labute approximate surface area is 162 Å². The summed E-state index contributed by atoms with van der Waals surface area (Å²) in [7, 11) is 0. The zero-order valence-electron chi connectivity index (χ0n) is 14.7. The van der Waals surface area contributed by atoms with Crippen molar-refractivity contribution in [3.05, 3.63) is 0 Å². The van der Waals surface area contributed by atoms with Crippen LogP contribution in [-0.2, 0) is 9.59 Å². The standard InChI is InChI=1S/C17H28N4O2.2ClH/c22-15(19-13-1-2-13)12-20-7-9-21(10-8-20)16(23)14-11-17(14)3-5-18-6-4-17;;/h13-14,18H,1-12H2,(H,19,22);2*1H. The molecule has 4 rings (SSSR count). The van der Waals surface area contributed by atoms with Gasteiger partial charge in [-0.1, -0.05) is 0 Å². The zero-order chi connectivity index (χ0) is 15.9. The van der Waals surface area contributed by atoms with Crippen molar-refractivity contribution in [2.24, 2.45) is 11.3 Å². The molecule has 6 nitrogen and oxygen atoms in total. The van der Waals surface area contributed by atoms with Crippen LogP contribution in [0.25, 0.3) is 0 Å². The Bertz CT molecular complexity index is 487. The van der Waals surface area contributed by atoms with E-state index in [1.165, 1.54) is 0 Å². The number of rotatable bonds is 4. The van der Waals surface area contributed by atoms with Crippen molar-refractivity contribution in [3.63, 3.8) is 0 Å². The van der Waals surface area contributed by atoms with E-state index in [9.17, 15) is 9.59 Å². The Morgan fingerprint density at radius 2 is 1.68 bits per heavy atom.